The van der Waals surface area contributed by atoms with Crippen molar-refractivity contribution in [3.8, 4) is 22.6 Å². The van der Waals surface area contributed by atoms with Crippen molar-refractivity contribution in [2.45, 2.75) is 0 Å². The van der Waals surface area contributed by atoms with E-state index in [4.69, 9.17) is 0 Å². The highest BCUT2D eigenvalue weighted by molar-refractivity contribution is 7.15. The highest BCUT2D eigenvalue weighted by atomic mass is 32.1. The minimum atomic E-state index is 0.710. The monoisotopic (exact) mass is 278 g/mol. The van der Waals surface area contributed by atoms with Crippen LogP contribution in [0.25, 0.3) is 27.6 Å². The van der Waals surface area contributed by atoms with Crippen molar-refractivity contribution in [1.82, 2.24) is 19.6 Å². The standard InChI is InChI=1S/C15H10N4S/c1-2-5-11(6-3-1)13-10-20-15-17-14(18-19(13)15)12-7-4-8-16-9-12/h1-10H. The molecule has 0 unspecified atom stereocenters. The van der Waals surface area contributed by atoms with Crippen LogP contribution in [0.15, 0.2) is 60.2 Å². The summed E-state index contributed by atoms with van der Waals surface area (Å²) in [4.78, 5) is 9.56. The molecule has 0 spiro atoms. The average molecular weight is 278 g/mol. The normalized spacial score (nSPS) is 11.0. The molecule has 0 atom stereocenters. The molecule has 0 N–H and O–H groups in total. The fourth-order valence-electron chi connectivity index (χ4n) is 2.11. The Hall–Kier alpha value is -2.53. The molecular formula is C15H10N4S. The van der Waals surface area contributed by atoms with Gasteiger partial charge in [0.2, 0.25) is 4.96 Å². The first-order valence-electron chi connectivity index (χ1n) is 6.22. The van der Waals surface area contributed by atoms with Gasteiger partial charge < -0.3 is 0 Å². The van der Waals surface area contributed by atoms with Crippen LogP contribution in [0.3, 0.4) is 0 Å². The van der Waals surface area contributed by atoms with Crippen LogP contribution < -0.4 is 0 Å². The molecule has 0 saturated heterocycles. The Morgan fingerprint density at radius 1 is 0.950 bits per heavy atom. The maximum absolute atomic E-state index is 4.60. The molecule has 4 rings (SSSR count). The Bertz CT molecular complexity index is 849. The minimum Gasteiger partial charge on any atom is -0.264 e. The molecule has 0 fully saturated rings. The van der Waals surface area contributed by atoms with Crippen molar-refractivity contribution in [3.05, 3.63) is 60.2 Å². The van der Waals surface area contributed by atoms with E-state index in [9.17, 15) is 0 Å². The summed E-state index contributed by atoms with van der Waals surface area (Å²) >= 11 is 1.59. The van der Waals surface area contributed by atoms with Gasteiger partial charge in [-0.1, -0.05) is 30.3 Å². The molecule has 4 nitrogen and oxygen atoms in total. The van der Waals surface area contributed by atoms with E-state index in [0.29, 0.717) is 5.82 Å². The maximum atomic E-state index is 4.60. The Morgan fingerprint density at radius 2 is 1.80 bits per heavy atom. The first-order chi connectivity index (χ1) is 9.92. The summed E-state index contributed by atoms with van der Waals surface area (Å²) in [6.45, 7) is 0. The quantitative estimate of drug-likeness (QED) is 0.563. The largest absolute Gasteiger partial charge is 0.264 e. The van der Waals surface area contributed by atoms with Crippen LogP contribution in [-0.2, 0) is 0 Å². The summed E-state index contributed by atoms with van der Waals surface area (Å²) in [7, 11) is 0. The third-order valence-electron chi connectivity index (χ3n) is 3.07. The molecule has 4 aromatic rings. The van der Waals surface area contributed by atoms with Crippen LogP contribution in [0, 0.1) is 0 Å². The third kappa shape index (κ3) is 1.80. The number of fused-ring (bicyclic) bond motifs is 1. The summed E-state index contributed by atoms with van der Waals surface area (Å²) in [6.07, 6.45) is 3.53. The molecule has 96 valence electrons. The van der Waals surface area contributed by atoms with E-state index in [1.54, 1.807) is 23.7 Å². The van der Waals surface area contributed by atoms with Crippen molar-refractivity contribution in [2.75, 3.05) is 0 Å². The molecule has 5 heteroatoms. The van der Waals surface area contributed by atoms with Crippen molar-refractivity contribution < 1.29 is 0 Å². The molecule has 0 bridgehead atoms. The third-order valence-corrected chi connectivity index (χ3v) is 3.89. The predicted molar refractivity (Wildman–Crippen MR) is 79.5 cm³/mol. The molecule has 0 aliphatic carbocycles. The highest BCUT2D eigenvalue weighted by Crippen LogP contribution is 2.26. The summed E-state index contributed by atoms with van der Waals surface area (Å²) in [5, 5.41) is 6.68. The van der Waals surface area contributed by atoms with Gasteiger partial charge in [0.15, 0.2) is 5.82 Å². The van der Waals surface area contributed by atoms with Gasteiger partial charge >= 0.3 is 0 Å². The Balaban J connectivity index is 1.88. The van der Waals surface area contributed by atoms with Gasteiger partial charge in [-0.25, -0.2) is 4.52 Å². The van der Waals surface area contributed by atoms with Gasteiger partial charge in [-0.15, -0.1) is 16.4 Å². The molecule has 0 radical (unpaired) electrons. The number of rotatable bonds is 2. The Labute approximate surface area is 119 Å². The molecular weight excluding hydrogens is 268 g/mol. The number of benzene rings is 1. The second-order valence-electron chi connectivity index (χ2n) is 4.36. The van der Waals surface area contributed by atoms with Crippen molar-refractivity contribution in [2.24, 2.45) is 0 Å². The number of pyridine rings is 1. The smallest absolute Gasteiger partial charge is 0.213 e. The molecule has 3 aromatic heterocycles. The second-order valence-corrected chi connectivity index (χ2v) is 5.20. The SMILES string of the molecule is c1ccc(-c2csc3nc(-c4cccnc4)nn23)cc1. The summed E-state index contributed by atoms with van der Waals surface area (Å²) in [6, 6.07) is 14.1. The lowest BCUT2D eigenvalue weighted by atomic mass is 10.2. The molecule has 0 saturated carbocycles. The van der Waals surface area contributed by atoms with Crippen LogP contribution in [0.5, 0.6) is 0 Å². The fraction of sp³-hybridized carbons (Fsp3) is 0. The zero-order chi connectivity index (χ0) is 13.4. The minimum absolute atomic E-state index is 0.710. The van der Waals surface area contributed by atoms with Gasteiger partial charge in [0.25, 0.3) is 0 Å². The fourth-order valence-corrected chi connectivity index (χ4v) is 2.94. The summed E-state index contributed by atoms with van der Waals surface area (Å²) < 4.78 is 1.89. The van der Waals surface area contributed by atoms with Crippen molar-refractivity contribution in [3.63, 3.8) is 0 Å². The molecule has 0 aliphatic rings. The van der Waals surface area contributed by atoms with Gasteiger partial charge in [-0.2, -0.15) is 4.98 Å². The Morgan fingerprint density at radius 3 is 2.60 bits per heavy atom. The number of thiazole rings is 1. The molecule has 0 amide bonds. The first kappa shape index (κ1) is 11.3. The van der Waals surface area contributed by atoms with E-state index in [0.717, 1.165) is 21.8 Å². The lowest BCUT2D eigenvalue weighted by molar-refractivity contribution is 0.989. The predicted octanol–water partition coefficient (Wildman–Crippen LogP) is 3.52. The summed E-state index contributed by atoms with van der Waals surface area (Å²) in [5.74, 6) is 0.710. The van der Waals surface area contributed by atoms with Gasteiger partial charge in [0.05, 0.1) is 5.69 Å². The van der Waals surface area contributed by atoms with Gasteiger partial charge in [-0.05, 0) is 12.1 Å². The molecule has 20 heavy (non-hydrogen) atoms. The number of hydrogen-bond donors (Lipinski definition) is 0. The van der Waals surface area contributed by atoms with E-state index in [-0.39, 0.29) is 0 Å². The van der Waals surface area contributed by atoms with Crippen molar-refractivity contribution >= 4 is 16.3 Å². The zero-order valence-corrected chi connectivity index (χ0v) is 11.3. The Kier molecular flexibility index (Phi) is 2.57. The van der Waals surface area contributed by atoms with Crippen LogP contribution in [0.4, 0.5) is 0 Å². The molecule has 1 aromatic carbocycles. The molecule has 0 aliphatic heterocycles. The molecule has 3 heterocycles. The number of nitrogens with zero attached hydrogens (tertiary/aromatic N) is 4. The lowest BCUT2D eigenvalue weighted by Gasteiger charge is -1.97. The first-order valence-corrected chi connectivity index (χ1v) is 7.10. The highest BCUT2D eigenvalue weighted by Gasteiger charge is 2.12. The average Bonchev–Trinajstić information content (AvgIpc) is 3.09. The topological polar surface area (TPSA) is 43.1 Å². The van der Waals surface area contributed by atoms with Crippen LogP contribution in [-0.4, -0.2) is 19.6 Å². The van der Waals surface area contributed by atoms with Crippen LogP contribution in [0.1, 0.15) is 0 Å². The van der Waals surface area contributed by atoms with E-state index in [1.807, 2.05) is 34.8 Å². The van der Waals surface area contributed by atoms with E-state index in [1.165, 1.54) is 0 Å². The lowest BCUT2D eigenvalue weighted by Crippen LogP contribution is -1.89. The van der Waals surface area contributed by atoms with Crippen LogP contribution in [0.2, 0.25) is 0 Å². The van der Waals surface area contributed by atoms with Gasteiger partial charge in [-0.3, -0.25) is 4.98 Å². The van der Waals surface area contributed by atoms with Crippen LogP contribution >= 0.6 is 11.3 Å². The van der Waals surface area contributed by atoms with E-state index >= 15 is 0 Å². The van der Waals surface area contributed by atoms with Gasteiger partial charge in [0.1, 0.15) is 0 Å². The maximum Gasteiger partial charge on any atom is 0.213 e. The zero-order valence-electron chi connectivity index (χ0n) is 10.5. The number of aromatic nitrogens is 4. The second kappa shape index (κ2) is 4.54. The van der Waals surface area contributed by atoms with E-state index in [2.05, 4.69) is 32.6 Å². The summed E-state index contributed by atoms with van der Waals surface area (Å²) in [5.41, 5.74) is 3.14. The van der Waals surface area contributed by atoms with Crippen molar-refractivity contribution in [1.29, 1.82) is 0 Å². The number of hydrogen-bond acceptors (Lipinski definition) is 4. The van der Waals surface area contributed by atoms with E-state index < -0.39 is 0 Å². The van der Waals surface area contributed by atoms with Gasteiger partial charge in [0, 0.05) is 28.9 Å².